The van der Waals surface area contributed by atoms with E-state index in [1.165, 1.54) is 0 Å². The Morgan fingerprint density at radius 3 is 2.78 bits per heavy atom. The summed E-state index contributed by atoms with van der Waals surface area (Å²) in [5.74, 6) is 0.259. The number of sulfone groups is 1. The van der Waals surface area contributed by atoms with Gasteiger partial charge in [-0.05, 0) is 24.4 Å². The molecular weight excluding hydrogens is 292 g/mol. The molecule has 2 fully saturated rings. The van der Waals surface area contributed by atoms with Crippen molar-refractivity contribution in [2.24, 2.45) is 0 Å². The summed E-state index contributed by atoms with van der Waals surface area (Å²) < 4.78 is 23.3. The Hall–Kier alpha value is -0.850. The van der Waals surface area contributed by atoms with Crippen molar-refractivity contribution in [2.75, 3.05) is 16.4 Å². The number of hydrogen-bond acceptors (Lipinski definition) is 3. The predicted octanol–water partition coefficient (Wildman–Crippen LogP) is 1.20. The van der Waals surface area contributed by atoms with Crippen molar-refractivity contribution in [3.05, 3.63) is 29.3 Å². The van der Waals surface area contributed by atoms with Crippen LogP contribution < -0.4 is 10.2 Å². The Labute approximate surface area is 116 Å². The lowest BCUT2D eigenvalue weighted by Crippen LogP contribution is -2.36. The van der Waals surface area contributed by atoms with Crippen LogP contribution in [0.1, 0.15) is 0 Å². The number of fused-ring (bicyclic) bond motifs is 1. The van der Waals surface area contributed by atoms with Gasteiger partial charge in [-0.3, -0.25) is 0 Å². The first-order chi connectivity index (χ1) is 8.48. The van der Waals surface area contributed by atoms with E-state index >= 15 is 0 Å². The van der Waals surface area contributed by atoms with E-state index in [0.29, 0.717) is 10.1 Å². The molecule has 2 heterocycles. The van der Waals surface area contributed by atoms with Crippen LogP contribution in [0, 0.1) is 0 Å². The highest BCUT2D eigenvalue weighted by molar-refractivity contribution is 7.91. The van der Waals surface area contributed by atoms with Gasteiger partial charge in [-0.1, -0.05) is 23.7 Å². The van der Waals surface area contributed by atoms with Gasteiger partial charge in [-0.15, -0.1) is 0 Å². The zero-order chi connectivity index (χ0) is 12.9. The van der Waals surface area contributed by atoms with Crippen LogP contribution in [0.25, 0.3) is 0 Å². The molecule has 0 spiro atoms. The molecule has 1 N–H and O–H groups in total. The van der Waals surface area contributed by atoms with Gasteiger partial charge in [0.15, 0.2) is 14.9 Å². The Kier molecular flexibility index (Phi) is 2.76. The number of halogens is 1. The summed E-state index contributed by atoms with van der Waals surface area (Å²) in [5.41, 5.74) is 0.765. The average Bonchev–Trinajstić information content (AvgIpc) is 2.70. The molecule has 2 saturated heterocycles. The number of nitrogens with zero attached hydrogens (tertiary/aromatic N) is 1. The summed E-state index contributed by atoms with van der Waals surface area (Å²) in [6.45, 7) is 0. The molecule has 0 aromatic heterocycles. The number of para-hydroxylation sites is 1. The number of hydrogen-bond donors (Lipinski definition) is 1. The highest BCUT2D eigenvalue weighted by Gasteiger charge is 2.47. The van der Waals surface area contributed by atoms with Crippen LogP contribution in [0.5, 0.6) is 0 Å². The largest absolute Gasteiger partial charge is 0.356 e. The van der Waals surface area contributed by atoms with Crippen LogP contribution in [0.15, 0.2) is 24.3 Å². The van der Waals surface area contributed by atoms with Gasteiger partial charge in [0, 0.05) is 0 Å². The summed E-state index contributed by atoms with van der Waals surface area (Å²) >= 11 is 11.4. The van der Waals surface area contributed by atoms with Crippen LogP contribution in [-0.2, 0) is 9.84 Å². The minimum Gasteiger partial charge on any atom is -0.356 e. The Morgan fingerprint density at radius 1 is 1.33 bits per heavy atom. The molecule has 1 aromatic carbocycles. The molecular formula is C11H11ClN2O2S2. The van der Waals surface area contributed by atoms with Crippen molar-refractivity contribution >= 4 is 44.5 Å². The van der Waals surface area contributed by atoms with Gasteiger partial charge in [-0.2, -0.15) is 0 Å². The lowest BCUT2D eigenvalue weighted by Gasteiger charge is -2.24. The molecule has 2 aliphatic heterocycles. The van der Waals surface area contributed by atoms with Crippen molar-refractivity contribution in [1.29, 1.82) is 0 Å². The average molecular weight is 303 g/mol. The first kappa shape index (κ1) is 12.2. The van der Waals surface area contributed by atoms with E-state index in [1.54, 1.807) is 6.07 Å². The second-order valence-electron chi connectivity index (χ2n) is 4.52. The van der Waals surface area contributed by atoms with Gasteiger partial charge in [0.2, 0.25) is 0 Å². The minimum atomic E-state index is -2.99. The maximum absolute atomic E-state index is 11.7. The van der Waals surface area contributed by atoms with Crippen LogP contribution >= 0.6 is 23.8 Å². The third-order valence-electron chi connectivity index (χ3n) is 3.29. The first-order valence-electron chi connectivity index (χ1n) is 5.53. The normalized spacial score (nSPS) is 29.2. The van der Waals surface area contributed by atoms with Crippen molar-refractivity contribution in [1.82, 2.24) is 5.32 Å². The second-order valence-corrected chi connectivity index (χ2v) is 7.47. The molecule has 0 saturated carbocycles. The van der Waals surface area contributed by atoms with E-state index in [4.69, 9.17) is 23.8 Å². The molecule has 0 radical (unpaired) electrons. The van der Waals surface area contributed by atoms with Gasteiger partial charge < -0.3 is 10.2 Å². The summed E-state index contributed by atoms with van der Waals surface area (Å²) in [4.78, 5) is 1.83. The highest BCUT2D eigenvalue weighted by Crippen LogP contribution is 2.33. The third kappa shape index (κ3) is 1.88. The summed E-state index contributed by atoms with van der Waals surface area (Å²) in [6.07, 6.45) is 0. The molecule has 3 rings (SSSR count). The van der Waals surface area contributed by atoms with E-state index in [1.807, 2.05) is 23.1 Å². The number of anilines is 1. The molecule has 0 bridgehead atoms. The van der Waals surface area contributed by atoms with Crippen LogP contribution in [0.3, 0.4) is 0 Å². The predicted molar refractivity (Wildman–Crippen MR) is 75.9 cm³/mol. The summed E-state index contributed by atoms with van der Waals surface area (Å²) in [5, 5.41) is 4.19. The van der Waals surface area contributed by atoms with Gasteiger partial charge in [0.05, 0.1) is 34.3 Å². The molecule has 4 nitrogen and oxygen atoms in total. The van der Waals surface area contributed by atoms with Crippen molar-refractivity contribution in [3.63, 3.8) is 0 Å². The zero-order valence-corrected chi connectivity index (χ0v) is 11.7. The Balaban J connectivity index is 2.02. The highest BCUT2D eigenvalue weighted by atomic mass is 35.5. The van der Waals surface area contributed by atoms with Gasteiger partial charge in [-0.25, -0.2) is 8.42 Å². The van der Waals surface area contributed by atoms with E-state index in [0.717, 1.165) is 5.69 Å². The molecule has 18 heavy (non-hydrogen) atoms. The first-order valence-corrected chi connectivity index (χ1v) is 8.13. The maximum Gasteiger partial charge on any atom is 0.174 e. The zero-order valence-electron chi connectivity index (χ0n) is 9.34. The minimum absolute atomic E-state index is 0.121. The fraction of sp³-hybridized carbons (Fsp3) is 0.364. The maximum atomic E-state index is 11.7. The fourth-order valence-corrected chi connectivity index (χ4v) is 5.04. The van der Waals surface area contributed by atoms with Crippen molar-refractivity contribution < 1.29 is 8.42 Å². The number of rotatable bonds is 1. The van der Waals surface area contributed by atoms with Crippen LogP contribution in [-0.4, -0.2) is 37.1 Å². The monoisotopic (exact) mass is 302 g/mol. The molecule has 2 unspecified atom stereocenters. The molecule has 96 valence electrons. The van der Waals surface area contributed by atoms with E-state index in [-0.39, 0.29) is 23.6 Å². The smallest absolute Gasteiger partial charge is 0.174 e. The molecule has 0 aliphatic carbocycles. The SMILES string of the molecule is O=S1(=O)CC2NC(=S)N(c3ccccc3Cl)C2C1. The lowest BCUT2D eigenvalue weighted by atomic mass is 10.1. The van der Waals surface area contributed by atoms with Gasteiger partial charge in [0.25, 0.3) is 0 Å². The second kappa shape index (κ2) is 4.08. The number of thiocarbonyl (C=S) groups is 1. The molecule has 2 atom stereocenters. The summed E-state index contributed by atoms with van der Waals surface area (Å²) in [7, 11) is -2.99. The van der Waals surface area contributed by atoms with Crippen molar-refractivity contribution in [3.8, 4) is 0 Å². The Bertz CT molecular complexity index is 617. The standard InChI is InChI=1S/C11H11ClN2O2S2/c12-7-3-1-2-4-9(7)14-10-6-18(15,16)5-8(10)13-11(14)17/h1-4,8,10H,5-6H2,(H,13,17). The number of benzene rings is 1. The van der Waals surface area contributed by atoms with Crippen LogP contribution in [0.2, 0.25) is 5.02 Å². The van der Waals surface area contributed by atoms with E-state index in [2.05, 4.69) is 5.32 Å². The summed E-state index contributed by atoms with van der Waals surface area (Å²) in [6, 6.07) is 7.04. The van der Waals surface area contributed by atoms with Gasteiger partial charge >= 0.3 is 0 Å². The topological polar surface area (TPSA) is 49.4 Å². The molecule has 7 heteroatoms. The van der Waals surface area contributed by atoms with Gasteiger partial charge in [0.1, 0.15) is 0 Å². The van der Waals surface area contributed by atoms with Crippen molar-refractivity contribution in [2.45, 2.75) is 12.1 Å². The molecule has 1 aromatic rings. The third-order valence-corrected chi connectivity index (χ3v) is 5.64. The van der Waals surface area contributed by atoms with E-state index < -0.39 is 9.84 Å². The molecule has 2 aliphatic rings. The quantitative estimate of drug-likeness (QED) is 0.790. The van der Waals surface area contributed by atoms with E-state index in [9.17, 15) is 8.42 Å². The van der Waals surface area contributed by atoms with Crippen LogP contribution in [0.4, 0.5) is 5.69 Å². The Morgan fingerprint density at radius 2 is 2.06 bits per heavy atom. The lowest BCUT2D eigenvalue weighted by molar-refractivity contribution is 0.600. The molecule has 0 amide bonds. The fourth-order valence-electron chi connectivity index (χ4n) is 2.54. The number of nitrogens with one attached hydrogen (secondary N) is 1.